The summed E-state index contributed by atoms with van der Waals surface area (Å²) < 4.78 is 15.3. The molecule has 0 fully saturated rings. The normalized spacial score (nSPS) is 11.3. The topological polar surface area (TPSA) is 90.9 Å². The molecule has 0 radical (unpaired) electrons. The summed E-state index contributed by atoms with van der Waals surface area (Å²) in [6, 6.07) is 10.9. The highest BCUT2D eigenvalue weighted by Crippen LogP contribution is 2.22. The Morgan fingerprint density at radius 2 is 1.54 bits per heavy atom. The van der Waals surface area contributed by atoms with Crippen LogP contribution in [0.4, 0.5) is 0 Å². The quantitative estimate of drug-likeness (QED) is 0.536. The van der Waals surface area contributed by atoms with E-state index in [1.54, 1.807) is 30.3 Å². The van der Waals surface area contributed by atoms with Crippen molar-refractivity contribution in [3.8, 4) is 11.5 Å². The molecule has 1 N–H and O–H groups in total. The molecule has 1 atom stereocenters. The van der Waals surface area contributed by atoms with Crippen molar-refractivity contribution in [1.29, 1.82) is 0 Å². The van der Waals surface area contributed by atoms with Crippen LogP contribution >= 0.6 is 11.6 Å². The van der Waals surface area contributed by atoms with Crippen molar-refractivity contribution in [2.75, 3.05) is 20.8 Å². The van der Waals surface area contributed by atoms with Crippen molar-refractivity contribution < 1.29 is 28.6 Å². The Morgan fingerprint density at radius 3 is 2.07 bits per heavy atom. The Balaban J connectivity index is 1.92. The zero-order valence-corrected chi connectivity index (χ0v) is 16.4. The summed E-state index contributed by atoms with van der Waals surface area (Å²) in [5, 5.41) is 2.94. The van der Waals surface area contributed by atoms with E-state index in [2.05, 4.69) is 5.32 Å². The molecular formula is C20H20ClNO6. The van der Waals surface area contributed by atoms with Gasteiger partial charge in [0.15, 0.2) is 6.10 Å². The number of halogens is 1. The molecule has 0 heterocycles. The van der Waals surface area contributed by atoms with Gasteiger partial charge in [-0.25, -0.2) is 0 Å². The molecular weight excluding hydrogens is 386 g/mol. The number of rotatable bonds is 8. The zero-order chi connectivity index (χ0) is 20.7. The molecule has 0 unspecified atom stereocenters. The predicted octanol–water partition coefficient (Wildman–Crippen LogP) is 2.90. The fourth-order valence-corrected chi connectivity index (χ4v) is 2.46. The lowest BCUT2D eigenvalue weighted by Gasteiger charge is -2.13. The monoisotopic (exact) mass is 405 g/mol. The average molecular weight is 406 g/mol. The molecule has 0 aliphatic heterocycles. The van der Waals surface area contributed by atoms with Crippen molar-refractivity contribution >= 4 is 29.3 Å². The minimum Gasteiger partial charge on any atom is -0.497 e. The molecule has 0 aliphatic carbocycles. The van der Waals surface area contributed by atoms with Gasteiger partial charge in [-0.05, 0) is 43.3 Å². The summed E-state index contributed by atoms with van der Waals surface area (Å²) in [5.41, 5.74) is 0.631. The molecule has 0 aromatic heterocycles. The molecule has 8 heteroatoms. The van der Waals surface area contributed by atoms with Gasteiger partial charge in [-0.2, -0.15) is 0 Å². The van der Waals surface area contributed by atoms with Crippen LogP contribution in [0.3, 0.4) is 0 Å². The maximum absolute atomic E-state index is 12.3. The Kier molecular flexibility index (Phi) is 7.40. The average Bonchev–Trinajstić information content (AvgIpc) is 2.71. The van der Waals surface area contributed by atoms with E-state index in [0.29, 0.717) is 22.1 Å². The van der Waals surface area contributed by atoms with Gasteiger partial charge in [0.1, 0.15) is 18.0 Å². The summed E-state index contributed by atoms with van der Waals surface area (Å²) in [6.07, 6.45) is -0.998. The zero-order valence-electron chi connectivity index (χ0n) is 15.7. The number of nitrogens with one attached hydrogen (secondary N) is 1. The van der Waals surface area contributed by atoms with E-state index in [1.165, 1.54) is 33.3 Å². The molecule has 0 saturated carbocycles. The highest BCUT2D eigenvalue weighted by molar-refractivity contribution is 6.30. The summed E-state index contributed by atoms with van der Waals surface area (Å²) >= 11 is 5.79. The van der Waals surface area contributed by atoms with Gasteiger partial charge < -0.3 is 19.5 Å². The van der Waals surface area contributed by atoms with E-state index in [-0.39, 0.29) is 11.3 Å². The van der Waals surface area contributed by atoms with E-state index >= 15 is 0 Å². The molecule has 0 saturated heterocycles. The third-order valence-corrected chi connectivity index (χ3v) is 4.07. The van der Waals surface area contributed by atoms with Crippen LogP contribution in [0.5, 0.6) is 11.5 Å². The standard InChI is InChI=1S/C20H20ClNO6/c1-12(19(24)13-4-6-15(21)7-5-13)28-18(23)11-22-20(25)14-8-16(26-2)10-17(9-14)27-3/h4-10,12H,11H2,1-3H3,(H,22,25)/t12-/m0/s1. The first-order valence-corrected chi connectivity index (χ1v) is 8.72. The molecule has 2 aromatic carbocycles. The van der Waals surface area contributed by atoms with Crippen LogP contribution in [-0.2, 0) is 9.53 Å². The smallest absolute Gasteiger partial charge is 0.326 e. The van der Waals surface area contributed by atoms with Gasteiger partial charge in [0.2, 0.25) is 5.78 Å². The Bertz CT molecular complexity index is 843. The summed E-state index contributed by atoms with van der Waals surface area (Å²) in [4.78, 5) is 36.5. The maximum atomic E-state index is 12.3. The van der Waals surface area contributed by atoms with Crippen molar-refractivity contribution in [3.05, 3.63) is 58.6 Å². The molecule has 2 aromatic rings. The number of ketones is 1. The minimum absolute atomic E-state index is 0.259. The number of hydrogen-bond acceptors (Lipinski definition) is 6. The number of benzene rings is 2. The first kappa shape index (κ1) is 21.2. The van der Waals surface area contributed by atoms with Gasteiger partial charge in [-0.1, -0.05) is 11.6 Å². The minimum atomic E-state index is -0.998. The molecule has 1 amide bonds. The van der Waals surface area contributed by atoms with Crippen molar-refractivity contribution in [2.45, 2.75) is 13.0 Å². The highest BCUT2D eigenvalue weighted by atomic mass is 35.5. The number of amides is 1. The van der Waals surface area contributed by atoms with Crippen molar-refractivity contribution in [3.63, 3.8) is 0 Å². The van der Waals surface area contributed by atoms with Crippen LogP contribution in [0.25, 0.3) is 0 Å². The second-order valence-corrected chi connectivity index (χ2v) is 6.22. The number of methoxy groups -OCH3 is 2. The van der Waals surface area contributed by atoms with Crippen LogP contribution < -0.4 is 14.8 Å². The van der Waals surface area contributed by atoms with Crippen LogP contribution in [0, 0.1) is 0 Å². The van der Waals surface area contributed by atoms with E-state index in [9.17, 15) is 14.4 Å². The first-order valence-electron chi connectivity index (χ1n) is 8.34. The summed E-state index contributed by atoms with van der Waals surface area (Å²) in [6.45, 7) is 1.07. The fraction of sp³-hybridized carbons (Fsp3) is 0.250. The number of carbonyl (C=O) groups is 3. The predicted molar refractivity (Wildman–Crippen MR) is 103 cm³/mol. The molecule has 148 valence electrons. The lowest BCUT2D eigenvalue weighted by molar-refractivity contribution is -0.145. The van der Waals surface area contributed by atoms with E-state index in [0.717, 1.165) is 0 Å². The molecule has 0 bridgehead atoms. The Morgan fingerprint density at radius 1 is 0.964 bits per heavy atom. The van der Waals surface area contributed by atoms with Crippen LogP contribution in [0.1, 0.15) is 27.6 Å². The number of Topliss-reactive ketones (excluding diaryl/α,β-unsaturated/α-hetero) is 1. The Labute approximate surface area is 167 Å². The summed E-state index contributed by atoms with van der Waals surface area (Å²) in [5.74, 6) is -0.735. The Hall–Kier alpha value is -3.06. The second kappa shape index (κ2) is 9.75. The van der Waals surface area contributed by atoms with Gasteiger partial charge in [0, 0.05) is 22.2 Å². The van der Waals surface area contributed by atoms with Gasteiger partial charge in [0.25, 0.3) is 5.91 Å². The SMILES string of the molecule is COc1cc(OC)cc(C(=O)NCC(=O)O[C@@H](C)C(=O)c2ccc(Cl)cc2)c1. The van der Waals surface area contributed by atoms with Crippen LogP contribution in [-0.4, -0.2) is 44.5 Å². The molecule has 28 heavy (non-hydrogen) atoms. The van der Waals surface area contributed by atoms with Gasteiger partial charge in [-0.15, -0.1) is 0 Å². The van der Waals surface area contributed by atoms with Crippen LogP contribution in [0.2, 0.25) is 5.02 Å². The van der Waals surface area contributed by atoms with Crippen molar-refractivity contribution in [1.82, 2.24) is 5.32 Å². The first-order chi connectivity index (χ1) is 13.3. The third-order valence-electron chi connectivity index (χ3n) is 3.81. The summed E-state index contributed by atoms with van der Waals surface area (Å²) in [7, 11) is 2.93. The van der Waals surface area contributed by atoms with Gasteiger partial charge >= 0.3 is 5.97 Å². The number of ether oxygens (including phenoxy) is 3. The number of carbonyl (C=O) groups excluding carboxylic acids is 3. The highest BCUT2D eigenvalue weighted by Gasteiger charge is 2.20. The number of esters is 1. The van der Waals surface area contributed by atoms with Crippen LogP contribution in [0.15, 0.2) is 42.5 Å². The molecule has 0 aliphatic rings. The molecule has 0 spiro atoms. The van der Waals surface area contributed by atoms with Gasteiger partial charge in [0.05, 0.1) is 14.2 Å². The largest absolute Gasteiger partial charge is 0.497 e. The van der Waals surface area contributed by atoms with Gasteiger partial charge in [-0.3, -0.25) is 14.4 Å². The lowest BCUT2D eigenvalue weighted by atomic mass is 10.1. The number of hydrogen-bond donors (Lipinski definition) is 1. The fourth-order valence-electron chi connectivity index (χ4n) is 2.33. The van der Waals surface area contributed by atoms with E-state index in [4.69, 9.17) is 25.8 Å². The lowest BCUT2D eigenvalue weighted by Crippen LogP contribution is -2.34. The van der Waals surface area contributed by atoms with E-state index in [1.807, 2.05) is 0 Å². The van der Waals surface area contributed by atoms with E-state index < -0.39 is 24.5 Å². The maximum Gasteiger partial charge on any atom is 0.326 e. The second-order valence-electron chi connectivity index (χ2n) is 5.79. The van der Waals surface area contributed by atoms with Crippen molar-refractivity contribution in [2.24, 2.45) is 0 Å². The molecule has 7 nitrogen and oxygen atoms in total. The molecule has 2 rings (SSSR count). The third kappa shape index (κ3) is 5.72.